The normalized spacial score (nSPS) is 12.2. The molecule has 4 heteroatoms. The number of amides is 2. The van der Waals surface area contributed by atoms with Gasteiger partial charge in [0.2, 0.25) is 0 Å². The Hall–Kier alpha value is -4.15. The number of carbonyl (C=O) groups excluding carboxylic acids is 2. The molecule has 30 heavy (non-hydrogen) atoms. The minimum atomic E-state index is -0.213. The van der Waals surface area contributed by atoms with Gasteiger partial charge >= 0.3 is 0 Å². The van der Waals surface area contributed by atoms with Crippen LogP contribution in [0.25, 0.3) is 0 Å². The Morgan fingerprint density at radius 2 is 1.33 bits per heavy atom. The summed E-state index contributed by atoms with van der Waals surface area (Å²) in [6.07, 6.45) is 1.43. The van der Waals surface area contributed by atoms with E-state index < -0.39 is 0 Å². The summed E-state index contributed by atoms with van der Waals surface area (Å²) in [5.74, 6) is 5.79. The molecule has 0 bridgehead atoms. The number of carbonyl (C=O) groups is 2. The molecule has 4 rings (SSSR count). The quantitative estimate of drug-likeness (QED) is 0.496. The third-order valence-corrected chi connectivity index (χ3v) is 5.00. The number of benzene rings is 3. The molecule has 1 aliphatic heterocycles. The van der Waals surface area contributed by atoms with Crippen LogP contribution in [-0.2, 0) is 6.42 Å². The van der Waals surface area contributed by atoms with Gasteiger partial charge in [-0.15, -0.1) is 0 Å². The standard InChI is InChI=1S/C26H18N2O2/c27-18-22-9-4-8-21(17-22)14-13-20-7-3-6-19(16-20)10-5-15-28-25(29)23-11-1-2-12-24(23)26(28)30/h1-4,6-9,11-12,16-17H,5,10,15H2. The summed E-state index contributed by atoms with van der Waals surface area (Å²) in [4.78, 5) is 26.2. The monoisotopic (exact) mass is 390 g/mol. The maximum atomic E-state index is 12.4. The number of rotatable bonds is 4. The van der Waals surface area contributed by atoms with E-state index in [9.17, 15) is 9.59 Å². The highest BCUT2D eigenvalue weighted by Gasteiger charge is 2.34. The first-order chi connectivity index (χ1) is 14.7. The zero-order valence-electron chi connectivity index (χ0n) is 16.3. The SMILES string of the molecule is N#Cc1cccc(C#Cc2cccc(CCCN3C(=O)c4ccccc4C3=O)c2)c1. The van der Waals surface area contributed by atoms with Gasteiger partial charge in [-0.2, -0.15) is 5.26 Å². The molecule has 0 radical (unpaired) electrons. The lowest BCUT2D eigenvalue weighted by Gasteiger charge is -2.13. The molecule has 3 aromatic carbocycles. The first-order valence-electron chi connectivity index (χ1n) is 9.72. The number of nitrogens with zero attached hydrogens (tertiary/aromatic N) is 2. The van der Waals surface area contributed by atoms with E-state index in [-0.39, 0.29) is 11.8 Å². The maximum absolute atomic E-state index is 12.4. The summed E-state index contributed by atoms with van der Waals surface area (Å²) in [7, 11) is 0. The van der Waals surface area contributed by atoms with Crippen molar-refractivity contribution in [2.45, 2.75) is 12.8 Å². The van der Waals surface area contributed by atoms with E-state index in [0.29, 0.717) is 29.7 Å². The molecule has 0 N–H and O–H groups in total. The highest BCUT2D eigenvalue weighted by Crippen LogP contribution is 2.22. The van der Waals surface area contributed by atoms with Gasteiger partial charge in [0.05, 0.1) is 22.8 Å². The van der Waals surface area contributed by atoms with E-state index in [1.807, 2.05) is 36.4 Å². The lowest BCUT2D eigenvalue weighted by molar-refractivity contribution is 0.0652. The Bertz CT molecular complexity index is 1210. The lowest BCUT2D eigenvalue weighted by atomic mass is 10.1. The van der Waals surface area contributed by atoms with Crippen molar-refractivity contribution in [2.75, 3.05) is 6.54 Å². The van der Waals surface area contributed by atoms with Crippen molar-refractivity contribution in [1.29, 1.82) is 5.26 Å². The molecule has 0 saturated carbocycles. The highest BCUT2D eigenvalue weighted by atomic mass is 16.2. The minimum absolute atomic E-state index is 0.213. The van der Waals surface area contributed by atoms with Crippen molar-refractivity contribution in [3.05, 3.63) is 106 Å². The molecule has 0 atom stereocenters. The van der Waals surface area contributed by atoms with E-state index in [4.69, 9.17) is 5.26 Å². The van der Waals surface area contributed by atoms with Crippen molar-refractivity contribution in [3.8, 4) is 17.9 Å². The average molecular weight is 390 g/mol. The van der Waals surface area contributed by atoms with Gasteiger partial charge in [0.15, 0.2) is 0 Å². The van der Waals surface area contributed by atoms with Crippen molar-refractivity contribution in [2.24, 2.45) is 0 Å². The molecule has 0 spiro atoms. The summed E-state index contributed by atoms with van der Waals surface area (Å²) in [5, 5.41) is 8.98. The third kappa shape index (κ3) is 3.99. The number of nitriles is 1. The van der Waals surface area contributed by atoms with E-state index in [1.165, 1.54) is 4.90 Å². The van der Waals surface area contributed by atoms with Gasteiger partial charge in [-0.25, -0.2) is 0 Å². The molecular formula is C26H18N2O2. The Kier molecular flexibility index (Phi) is 5.42. The summed E-state index contributed by atoms with van der Waals surface area (Å²) in [5.41, 5.74) is 4.34. The summed E-state index contributed by atoms with van der Waals surface area (Å²) in [6.45, 7) is 0.392. The van der Waals surface area contributed by atoms with Gasteiger partial charge in [0, 0.05) is 17.7 Å². The van der Waals surface area contributed by atoms with Gasteiger partial charge in [-0.05, 0) is 60.9 Å². The topological polar surface area (TPSA) is 61.2 Å². The molecule has 0 fully saturated rings. The zero-order valence-corrected chi connectivity index (χ0v) is 16.3. The first kappa shape index (κ1) is 19.2. The number of hydrogen-bond donors (Lipinski definition) is 0. The predicted octanol–water partition coefficient (Wildman–Crippen LogP) is 4.19. The molecule has 1 aliphatic rings. The molecule has 0 saturated heterocycles. The second-order valence-corrected chi connectivity index (χ2v) is 7.05. The average Bonchev–Trinajstić information content (AvgIpc) is 3.03. The lowest BCUT2D eigenvalue weighted by Crippen LogP contribution is -2.30. The Balaban J connectivity index is 1.39. The number of hydrogen-bond acceptors (Lipinski definition) is 3. The Morgan fingerprint density at radius 1 is 0.733 bits per heavy atom. The molecule has 0 aromatic heterocycles. The predicted molar refractivity (Wildman–Crippen MR) is 114 cm³/mol. The fourth-order valence-electron chi connectivity index (χ4n) is 3.50. The molecule has 4 nitrogen and oxygen atoms in total. The van der Waals surface area contributed by atoms with E-state index >= 15 is 0 Å². The zero-order chi connectivity index (χ0) is 20.9. The molecule has 3 aromatic rings. The van der Waals surface area contributed by atoms with Crippen LogP contribution in [0, 0.1) is 23.2 Å². The Morgan fingerprint density at radius 3 is 2.00 bits per heavy atom. The largest absolute Gasteiger partial charge is 0.274 e. The van der Waals surface area contributed by atoms with Crippen molar-refractivity contribution < 1.29 is 9.59 Å². The number of imide groups is 1. The van der Waals surface area contributed by atoms with Gasteiger partial charge in [-0.3, -0.25) is 14.5 Å². The molecule has 0 aliphatic carbocycles. The first-order valence-corrected chi connectivity index (χ1v) is 9.72. The van der Waals surface area contributed by atoms with Crippen LogP contribution in [0.1, 0.15) is 49.4 Å². The second kappa shape index (κ2) is 8.47. The van der Waals surface area contributed by atoms with Gasteiger partial charge < -0.3 is 0 Å². The minimum Gasteiger partial charge on any atom is -0.274 e. The number of fused-ring (bicyclic) bond motifs is 1. The van der Waals surface area contributed by atoms with Crippen molar-refractivity contribution in [3.63, 3.8) is 0 Å². The smallest absolute Gasteiger partial charge is 0.261 e. The summed E-state index contributed by atoms with van der Waals surface area (Å²) < 4.78 is 0. The van der Waals surface area contributed by atoms with E-state index in [1.54, 1.807) is 36.4 Å². The van der Waals surface area contributed by atoms with E-state index in [0.717, 1.165) is 23.1 Å². The fourth-order valence-corrected chi connectivity index (χ4v) is 3.50. The van der Waals surface area contributed by atoms with Crippen LogP contribution in [-0.4, -0.2) is 23.3 Å². The Labute approximate surface area is 175 Å². The van der Waals surface area contributed by atoms with Crippen LogP contribution in [0.4, 0.5) is 0 Å². The third-order valence-electron chi connectivity index (χ3n) is 5.00. The van der Waals surface area contributed by atoms with Gasteiger partial charge in [0.25, 0.3) is 11.8 Å². The summed E-state index contributed by atoms with van der Waals surface area (Å²) in [6, 6.07) is 24.2. The van der Waals surface area contributed by atoms with Gasteiger partial charge in [0.1, 0.15) is 0 Å². The molecule has 0 unspecified atom stereocenters. The van der Waals surface area contributed by atoms with Crippen LogP contribution in [0.5, 0.6) is 0 Å². The maximum Gasteiger partial charge on any atom is 0.261 e. The van der Waals surface area contributed by atoms with Crippen molar-refractivity contribution >= 4 is 11.8 Å². The summed E-state index contributed by atoms with van der Waals surface area (Å²) >= 11 is 0. The van der Waals surface area contributed by atoms with Crippen molar-refractivity contribution in [1.82, 2.24) is 4.90 Å². The van der Waals surface area contributed by atoms with Crippen LogP contribution < -0.4 is 0 Å². The van der Waals surface area contributed by atoms with Crippen LogP contribution >= 0.6 is 0 Å². The molecule has 144 valence electrons. The van der Waals surface area contributed by atoms with Crippen LogP contribution in [0.15, 0.2) is 72.8 Å². The van der Waals surface area contributed by atoms with E-state index in [2.05, 4.69) is 17.9 Å². The molecule has 2 amide bonds. The van der Waals surface area contributed by atoms with Crippen LogP contribution in [0.2, 0.25) is 0 Å². The van der Waals surface area contributed by atoms with Crippen LogP contribution in [0.3, 0.4) is 0 Å². The molecular weight excluding hydrogens is 372 g/mol. The molecule has 1 heterocycles. The second-order valence-electron chi connectivity index (χ2n) is 7.05. The fraction of sp³-hybridized carbons (Fsp3) is 0.115. The number of aryl methyl sites for hydroxylation is 1. The van der Waals surface area contributed by atoms with Gasteiger partial charge in [-0.1, -0.05) is 42.2 Å². The highest BCUT2D eigenvalue weighted by molar-refractivity contribution is 6.21.